The fourth-order valence-corrected chi connectivity index (χ4v) is 1.40. The lowest BCUT2D eigenvalue weighted by Gasteiger charge is -2.11. The van der Waals surface area contributed by atoms with Crippen LogP contribution in [-0.4, -0.2) is 16.1 Å². The number of rotatable bonds is 2. The van der Waals surface area contributed by atoms with Crippen LogP contribution in [0.25, 0.3) is 0 Å². The van der Waals surface area contributed by atoms with Gasteiger partial charge < -0.3 is 5.11 Å². The molecule has 1 rings (SSSR count). The summed E-state index contributed by atoms with van der Waals surface area (Å²) in [5, 5.41) is 5.20. The van der Waals surface area contributed by atoms with Crippen molar-refractivity contribution in [1.29, 1.82) is 0 Å². The number of hydrogen-bond donors (Lipinski definition) is 1. The van der Waals surface area contributed by atoms with Crippen molar-refractivity contribution in [3.63, 3.8) is 0 Å². The molecule has 15 heavy (non-hydrogen) atoms. The number of aryl methyl sites for hydroxylation is 2. The van der Waals surface area contributed by atoms with E-state index in [-0.39, 0.29) is 16.8 Å². The molecule has 82 valence electrons. The Morgan fingerprint density at radius 3 is 2.40 bits per heavy atom. The first-order valence-corrected chi connectivity index (χ1v) is 4.40. The molecular formula is C9H8ClF2NO2. The van der Waals surface area contributed by atoms with Gasteiger partial charge in [-0.25, -0.2) is 9.78 Å². The van der Waals surface area contributed by atoms with Crippen LogP contribution < -0.4 is 0 Å². The molecule has 0 saturated heterocycles. The number of pyridine rings is 1. The molecule has 0 aliphatic carbocycles. The first kappa shape index (κ1) is 11.8. The average molecular weight is 236 g/mol. The van der Waals surface area contributed by atoms with Crippen LogP contribution in [0.4, 0.5) is 8.78 Å². The summed E-state index contributed by atoms with van der Waals surface area (Å²) in [6.45, 7) is 2.77. The molecule has 0 aromatic carbocycles. The van der Waals surface area contributed by atoms with Crippen molar-refractivity contribution in [2.75, 3.05) is 0 Å². The summed E-state index contributed by atoms with van der Waals surface area (Å²) in [6, 6.07) is 0.976. The minimum Gasteiger partial charge on any atom is -0.478 e. The first-order valence-electron chi connectivity index (χ1n) is 4.02. The minimum atomic E-state index is -3.58. The number of halogens is 3. The van der Waals surface area contributed by atoms with Gasteiger partial charge in [-0.1, -0.05) is 0 Å². The molecule has 0 amide bonds. The quantitative estimate of drug-likeness (QED) is 0.802. The van der Waals surface area contributed by atoms with Crippen LogP contribution in [0.1, 0.15) is 27.3 Å². The van der Waals surface area contributed by atoms with E-state index in [2.05, 4.69) is 4.98 Å². The number of alkyl halides is 3. The number of carboxylic acid groups (broad SMARTS) is 1. The number of carbonyl (C=O) groups is 1. The van der Waals surface area contributed by atoms with Crippen LogP contribution >= 0.6 is 11.6 Å². The molecule has 1 N–H and O–H groups in total. The molecule has 0 atom stereocenters. The Hall–Kier alpha value is -1.23. The van der Waals surface area contributed by atoms with E-state index in [9.17, 15) is 13.6 Å². The van der Waals surface area contributed by atoms with E-state index in [1.165, 1.54) is 13.8 Å². The fraction of sp³-hybridized carbons (Fsp3) is 0.333. The maximum Gasteiger partial charge on any atom is 0.364 e. The van der Waals surface area contributed by atoms with Crippen LogP contribution in [0.15, 0.2) is 6.07 Å². The Kier molecular flexibility index (Phi) is 2.95. The SMILES string of the molecule is Cc1cc(C(F)(F)Cl)nc(C)c1C(=O)O. The van der Waals surface area contributed by atoms with Gasteiger partial charge in [-0.05, 0) is 37.1 Å². The second-order valence-electron chi connectivity index (χ2n) is 3.09. The van der Waals surface area contributed by atoms with Gasteiger partial charge in [-0.3, -0.25) is 0 Å². The highest BCUT2D eigenvalue weighted by atomic mass is 35.5. The summed E-state index contributed by atoms with van der Waals surface area (Å²) >= 11 is 4.79. The van der Waals surface area contributed by atoms with E-state index in [1.54, 1.807) is 0 Å². The molecule has 1 aromatic heterocycles. The van der Waals surface area contributed by atoms with Gasteiger partial charge >= 0.3 is 11.4 Å². The fourth-order valence-electron chi connectivity index (χ4n) is 1.30. The van der Waals surface area contributed by atoms with Crippen molar-refractivity contribution in [1.82, 2.24) is 4.98 Å². The topological polar surface area (TPSA) is 50.2 Å². The zero-order valence-corrected chi connectivity index (χ0v) is 8.77. The molecule has 0 bridgehead atoms. The van der Waals surface area contributed by atoms with Gasteiger partial charge in [0.1, 0.15) is 5.69 Å². The highest BCUT2D eigenvalue weighted by molar-refractivity contribution is 6.21. The summed E-state index contributed by atoms with van der Waals surface area (Å²) in [6.07, 6.45) is 0. The van der Waals surface area contributed by atoms with E-state index in [4.69, 9.17) is 16.7 Å². The van der Waals surface area contributed by atoms with Crippen molar-refractivity contribution >= 4 is 17.6 Å². The predicted octanol–water partition coefficient (Wildman–Crippen LogP) is 2.68. The van der Waals surface area contributed by atoms with E-state index in [0.29, 0.717) is 0 Å². The van der Waals surface area contributed by atoms with Gasteiger partial charge in [0.25, 0.3) is 0 Å². The maximum absolute atomic E-state index is 12.7. The van der Waals surface area contributed by atoms with E-state index < -0.39 is 17.0 Å². The molecule has 0 aliphatic heterocycles. The number of hydrogen-bond acceptors (Lipinski definition) is 2. The lowest BCUT2D eigenvalue weighted by atomic mass is 10.1. The zero-order valence-electron chi connectivity index (χ0n) is 8.01. The summed E-state index contributed by atoms with van der Waals surface area (Å²) in [4.78, 5) is 14.2. The molecule has 1 aromatic rings. The smallest absolute Gasteiger partial charge is 0.364 e. The van der Waals surface area contributed by atoms with Gasteiger partial charge in [0.15, 0.2) is 0 Å². The van der Waals surface area contributed by atoms with E-state index in [0.717, 1.165) is 6.07 Å². The van der Waals surface area contributed by atoms with Crippen LogP contribution in [-0.2, 0) is 5.38 Å². The normalized spacial score (nSPS) is 11.5. The average Bonchev–Trinajstić information content (AvgIpc) is 1.99. The van der Waals surface area contributed by atoms with Crippen LogP contribution in [0, 0.1) is 13.8 Å². The standard InChI is InChI=1S/C9H8ClF2NO2/c1-4-3-6(9(10,11)12)13-5(2)7(4)8(14)15/h3H,1-2H3,(H,14,15). The Morgan fingerprint density at radius 1 is 1.53 bits per heavy atom. The van der Waals surface area contributed by atoms with Crippen molar-refractivity contribution in [2.24, 2.45) is 0 Å². The predicted molar refractivity (Wildman–Crippen MR) is 50.4 cm³/mol. The highest BCUT2D eigenvalue weighted by Crippen LogP contribution is 2.32. The molecule has 0 radical (unpaired) electrons. The van der Waals surface area contributed by atoms with E-state index >= 15 is 0 Å². The third-order valence-corrected chi connectivity index (χ3v) is 2.10. The molecular weight excluding hydrogens is 228 g/mol. The molecule has 0 unspecified atom stereocenters. The molecule has 0 aliphatic rings. The number of nitrogens with zero attached hydrogens (tertiary/aromatic N) is 1. The van der Waals surface area contributed by atoms with Gasteiger partial charge in [0.05, 0.1) is 11.3 Å². The zero-order chi connectivity index (χ0) is 11.8. The first-order chi connectivity index (χ1) is 6.73. The van der Waals surface area contributed by atoms with E-state index in [1.807, 2.05) is 0 Å². The van der Waals surface area contributed by atoms with Crippen molar-refractivity contribution < 1.29 is 18.7 Å². The number of aromatic nitrogens is 1. The van der Waals surface area contributed by atoms with Crippen molar-refractivity contribution in [3.05, 3.63) is 28.6 Å². The molecule has 3 nitrogen and oxygen atoms in total. The second-order valence-corrected chi connectivity index (χ2v) is 3.56. The Labute approximate surface area is 89.7 Å². The van der Waals surface area contributed by atoms with Gasteiger partial charge in [0.2, 0.25) is 0 Å². The molecule has 0 saturated carbocycles. The maximum atomic E-state index is 12.7. The Morgan fingerprint density at radius 2 is 2.07 bits per heavy atom. The van der Waals surface area contributed by atoms with Crippen LogP contribution in [0.2, 0.25) is 0 Å². The monoisotopic (exact) mass is 235 g/mol. The van der Waals surface area contributed by atoms with Crippen LogP contribution in [0.3, 0.4) is 0 Å². The summed E-state index contributed by atoms with van der Waals surface area (Å²) in [7, 11) is 0. The van der Waals surface area contributed by atoms with Crippen LogP contribution in [0.5, 0.6) is 0 Å². The Bertz CT molecular complexity index is 392. The molecule has 1 heterocycles. The Balaban J connectivity index is 3.39. The highest BCUT2D eigenvalue weighted by Gasteiger charge is 2.31. The third kappa shape index (κ3) is 2.41. The second kappa shape index (κ2) is 3.73. The van der Waals surface area contributed by atoms with Gasteiger partial charge in [-0.15, -0.1) is 0 Å². The molecule has 6 heteroatoms. The van der Waals surface area contributed by atoms with Crippen molar-refractivity contribution in [3.8, 4) is 0 Å². The summed E-state index contributed by atoms with van der Waals surface area (Å²) in [5.74, 6) is -1.19. The van der Waals surface area contributed by atoms with Gasteiger partial charge in [0, 0.05) is 0 Å². The number of carboxylic acids is 1. The lowest BCUT2D eigenvalue weighted by molar-refractivity contribution is 0.0691. The lowest BCUT2D eigenvalue weighted by Crippen LogP contribution is -2.12. The minimum absolute atomic E-state index is 0.0258. The summed E-state index contributed by atoms with van der Waals surface area (Å²) in [5.41, 5.74) is -0.466. The molecule has 0 fully saturated rings. The van der Waals surface area contributed by atoms with Crippen molar-refractivity contribution in [2.45, 2.75) is 19.2 Å². The molecule has 0 spiro atoms. The largest absolute Gasteiger partial charge is 0.478 e. The third-order valence-electron chi connectivity index (χ3n) is 1.90. The summed E-state index contributed by atoms with van der Waals surface area (Å²) < 4.78 is 25.4. The van der Waals surface area contributed by atoms with Gasteiger partial charge in [-0.2, -0.15) is 8.78 Å². The number of aromatic carboxylic acids is 1.